The zero-order valence-corrected chi connectivity index (χ0v) is 20.0. The van der Waals surface area contributed by atoms with E-state index in [1.807, 2.05) is 31.2 Å². The first-order chi connectivity index (χ1) is 15.7. The monoisotopic (exact) mass is 483 g/mol. The van der Waals surface area contributed by atoms with Crippen LogP contribution in [0.3, 0.4) is 0 Å². The van der Waals surface area contributed by atoms with Crippen molar-refractivity contribution in [1.82, 2.24) is 4.41 Å². The molecule has 0 bridgehead atoms. The predicted octanol–water partition coefficient (Wildman–Crippen LogP) is 4.30. The number of anilines is 1. The Balaban J connectivity index is 1.71. The molecule has 9 heteroatoms. The number of hydrogen-bond acceptors (Lipinski definition) is 5. The second kappa shape index (κ2) is 8.99. The number of rotatable bonds is 7. The molecule has 7 nitrogen and oxygen atoms in total. The molecule has 0 aliphatic carbocycles. The number of nitrogens with one attached hydrogen (secondary N) is 1. The molecular formula is C24H25N3O4S2. The summed E-state index contributed by atoms with van der Waals surface area (Å²) in [6, 6.07) is 22.3. The van der Waals surface area contributed by atoms with Gasteiger partial charge >= 0.3 is 0 Å². The van der Waals surface area contributed by atoms with E-state index >= 15 is 0 Å². The first-order valence-corrected chi connectivity index (χ1v) is 13.6. The molecule has 0 saturated heterocycles. The van der Waals surface area contributed by atoms with E-state index in [1.165, 1.54) is 4.41 Å². The SMILES string of the molecule is CCS(=O)(=O)Nc1ccc(C2=NN(S(=O)(=O)c3ccccc3)[C@H](c3ccc(C)cc3)C2)cc1. The molecule has 3 aromatic rings. The average molecular weight is 484 g/mol. The minimum atomic E-state index is -3.87. The Morgan fingerprint density at radius 2 is 1.55 bits per heavy atom. The van der Waals surface area contributed by atoms with Crippen molar-refractivity contribution in [2.24, 2.45) is 5.10 Å². The number of hydrogen-bond donors (Lipinski definition) is 1. The van der Waals surface area contributed by atoms with Crippen molar-refractivity contribution < 1.29 is 16.8 Å². The predicted molar refractivity (Wildman–Crippen MR) is 130 cm³/mol. The zero-order valence-electron chi connectivity index (χ0n) is 18.3. The molecule has 172 valence electrons. The third-order valence-corrected chi connectivity index (χ3v) is 8.50. The lowest BCUT2D eigenvalue weighted by atomic mass is 9.98. The van der Waals surface area contributed by atoms with Gasteiger partial charge in [0.15, 0.2) is 0 Å². The number of benzene rings is 3. The molecule has 4 rings (SSSR count). The topological polar surface area (TPSA) is 95.9 Å². The van der Waals surface area contributed by atoms with Crippen LogP contribution in [0.1, 0.15) is 36.1 Å². The van der Waals surface area contributed by atoms with Gasteiger partial charge in [0.25, 0.3) is 10.0 Å². The Morgan fingerprint density at radius 3 is 2.15 bits per heavy atom. The summed E-state index contributed by atoms with van der Waals surface area (Å²) in [7, 11) is -7.25. The second-order valence-electron chi connectivity index (χ2n) is 7.85. The third-order valence-electron chi connectivity index (χ3n) is 5.49. The molecule has 0 unspecified atom stereocenters. The van der Waals surface area contributed by atoms with Gasteiger partial charge < -0.3 is 0 Å². The summed E-state index contributed by atoms with van der Waals surface area (Å²) in [5, 5.41) is 4.53. The summed E-state index contributed by atoms with van der Waals surface area (Å²) < 4.78 is 54.2. The molecule has 1 atom stereocenters. The van der Waals surface area contributed by atoms with Gasteiger partial charge in [-0.1, -0.05) is 60.2 Å². The summed E-state index contributed by atoms with van der Waals surface area (Å²) in [6.45, 7) is 3.55. The highest BCUT2D eigenvalue weighted by molar-refractivity contribution is 7.92. The van der Waals surface area contributed by atoms with Gasteiger partial charge in [0.05, 0.1) is 22.4 Å². The molecule has 33 heavy (non-hydrogen) atoms. The maximum atomic E-state index is 13.4. The highest BCUT2D eigenvalue weighted by Crippen LogP contribution is 2.37. The van der Waals surface area contributed by atoms with Crippen LogP contribution in [0.2, 0.25) is 0 Å². The van der Waals surface area contributed by atoms with Gasteiger partial charge in [-0.15, -0.1) is 0 Å². The van der Waals surface area contributed by atoms with Crippen LogP contribution >= 0.6 is 0 Å². The molecule has 3 aromatic carbocycles. The summed E-state index contributed by atoms with van der Waals surface area (Å²) in [5.41, 5.74) is 3.73. The Kier molecular flexibility index (Phi) is 6.27. The smallest absolute Gasteiger partial charge is 0.279 e. The second-order valence-corrected chi connectivity index (χ2v) is 11.7. The molecule has 1 aliphatic rings. The minimum absolute atomic E-state index is 0.0218. The van der Waals surface area contributed by atoms with Crippen LogP contribution in [0.5, 0.6) is 0 Å². The number of hydrazone groups is 1. The van der Waals surface area contributed by atoms with Gasteiger partial charge in [-0.25, -0.2) is 8.42 Å². The van der Waals surface area contributed by atoms with Crippen LogP contribution in [0.15, 0.2) is 88.9 Å². The average Bonchev–Trinajstić information content (AvgIpc) is 3.27. The first kappa shape index (κ1) is 23.0. The molecule has 1 heterocycles. The van der Waals surface area contributed by atoms with Crippen molar-refractivity contribution in [3.8, 4) is 0 Å². The van der Waals surface area contributed by atoms with E-state index < -0.39 is 26.1 Å². The molecule has 0 spiro atoms. The number of sulfonamides is 2. The van der Waals surface area contributed by atoms with Crippen molar-refractivity contribution in [2.75, 3.05) is 10.5 Å². The summed E-state index contributed by atoms with van der Waals surface area (Å²) >= 11 is 0. The molecule has 0 amide bonds. The molecule has 0 fully saturated rings. The Morgan fingerprint density at radius 1 is 0.909 bits per heavy atom. The fourth-order valence-electron chi connectivity index (χ4n) is 3.60. The van der Waals surface area contributed by atoms with Crippen LogP contribution in [0, 0.1) is 6.92 Å². The van der Waals surface area contributed by atoms with E-state index in [9.17, 15) is 16.8 Å². The standard InChI is InChI=1S/C24H25N3O4S2/c1-3-32(28,29)26-21-15-13-19(14-16-21)23-17-24(20-11-9-18(2)10-12-20)27(25-23)33(30,31)22-7-5-4-6-8-22/h4-16,24,26H,3,17H2,1-2H3/t24-/m0/s1. The van der Waals surface area contributed by atoms with Crippen molar-refractivity contribution in [2.45, 2.75) is 31.2 Å². The minimum Gasteiger partial charge on any atom is -0.284 e. The van der Waals surface area contributed by atoms with Crippen molar-refractivity contribution in [3.05, 3.63) is 95.6 Å². The Labute approximate surface area is 194 Å². The maximum absolute atomic E-state index is 13.4. The Hall–Kier alpha value is -3.17. The van der Waals surface area contributed by atoms with Gasteiger partial charge in [0.1, 0.15) is 0 Å². The van der Waals surface area contributed by atoms with Crippen molar-refractivity contribution >= 4 is 31.4 Å². The lowest BCUT2D eigenvalue weighted by Gasteiger charge is -2.23. The van der Waals surface area contributed by atoms with Gasteiger partial charge in [0.2, 0.25) is 10.0 Å². The highest BCUT2D eigenvalue weighted by Gasteiger charge is 2.37. The maximum Gasteiger partial charge on any atom is 0.279 e. The summed E-state index contributed by atoms with van der Waals surface area (Å²) in [4.78, 5) is 0.177. The molecule has 1 N–H and O–H groups in total. The fourth-order valence-corrected chi connectivity index (χ4v) is 5.70. The first-order valence-electron chi connectivity index (χ1n) is 10.5. The molecule has 0 aromatic heterocycles. The van der Waals surface area contributed by atoms with E-state index in [4.69, 9.17) is 0 Å². The molecule has 1 aliphatic heterocycles. The molecular weight excluding hydrogens is 458 g/mol. The lowest BCUT2D eigenvalue weighted by Crippen LogP contribution is -2.27. The third kappa shape index (κ3) is 4.94. The lowest BCUT2D eigenvalue weighted by molar-refractivity contribution is 0.371. The van der Waals surface area contributed by atoms with E-state index in [2.05, 4.69) is 9.82 Å². The van der Waals surface area contributed by atoms with Crippen LogP contribution in [-0.2, 0) is 20.0 Å². The van der Waals surface area contributed by atoms with Crippen molar-refractivity contribution in [3.63, 3.8) is 0 Å². The molecule has 0 saturated carbocycles. The zero-order chi connectivity index (χ0) is 23.6. The van der Waals surface area contributed by atoms with Crippen LogP contribution in [0.4, 0.5) is 5.69 Å². The fraction of sp³-hybridized carbons (Fsp3) is 0.208. The van der Waals surface area contributed by atoms with Gasteiger partial charge in [-0.3, -0.25) is 4.72 Å². The van der Waals surface area contributed by atoms with Gasteiger partial charge in [0, 0.05) is 12.1 Å². The summed E-state index contributed by atoms with van der Waals surface area (Å²) in [5.74, 6) is -0.0218. The summed E-state index contributed by atoms with van der Waals surface area (Å²) in [6.07, 6.45) is 0.398. The van der Waals surface area contributed by atoms with E-state index in [-0.39, 0.29) is 10.6 Å². The quantitative estimate of drug-likeness (QED) is 0.542. The van der Waals surface area contributed by atoms with Gasteiger partial charge in [-0.2, -0.15) is 17.9 Å². The number of aryl methyl sites for hydroxylation is 1. The highest BCUT2D eigenvalue weighted by atomic mass is 32.2. The normalized spacial score (nSPS) is 16.5. The van der Waals surface area contributed by atoms with Crippen LogP contribution in [0.25, 0.3) is 0 Å². The van der Waals surface area contributed by atoms with E-state index in [0.29, 0.717) is 17.8 Å². The number of nitrogens with zero attached hydrogens (tertiary/aromatic N) is 2. The molecule has 0 radical (unpaired) electrons. The van der Waals surface area contributed by atoms with Crippen molar-refractivity contribution in [1.29, 1.82) is 0 Å². The van der Waals surface area contributed by atoms with Crippen LogP contribution in [-0.4, -0.2) is 32.7 Å². The van der Waals surface area contributed by atoms with E-state index in [1.54, 1.807) is 61.5 Å². The Bertz CT molecular complexity index is 1370. The van der Waals surface area contributed by atoms with Gasteiger partial charge in [-0.05, 0) is 49.2 Å². The van der Waals surface area contributed by atoms with Crippen LogP contribution < -0.4 is 4.72 Å². The van der Waals surface area contributed by atoms with E-state index in [0.717, 1.165) is 16.7 Å². The largest absolute Gasteiger partial charge is 0.284 e.